The molecule has 0 amide bonds. The average molecular weight is 1000 g/mol. The van der Waals surface area contributed by atoms with Crippen molar-refractivity contribution in [3.63, 3.8) is 0 Å². The van der Waals surface area contributed by atoms with Gasteiger partial charge in [-0.25, -0.2) is 0 Å². The van der Waals surface area contributed by atoms with Crippen molar-refractivity contribution in [1.82, 2.24) is 0 Å². The molecular formula is C63H68O11. The summed E-state index contributed by atoms with van der Waals surface area (Å²) in [4.78, 5) is 0. The van der Waals surface area contributed by atoms with Crippen LogP contribution in [0.2, 0.25) is 0 Å². The lowest BCUT2D eigenvalue weighted by Crippen LogP contribution is -2.68. The molecule has 0 saturated carbocycles. The maximum absolute atomic E-state index is 7.29. The van der Waals surface area contributed by atoms with Gasteiger partial charge in [-0.15, -0.1) is 0 Å². The van der Waals surface area contributed by atoms with Crippen molar-refractivity contribution >= 4 is 0 Å². The highest BCUT2D eigenvalue weighted by Crippen LogP contribution is 2.40. The summed E-state index contributed by atoms with van der Waals surface area (Å²) in [6.07, 6.45) is -6.68. The van der Waals surface area contributed by atoms with Crippen LogP contribution in [-0.2, 0) is 98.4 Å². The van der Waals surface area contributed by atoms with Gasteiger partial charge in [0.25, 0.3) is 0 Å². The quantitative estimate of drug-likeness (QED) is 0.0518. The standard InChI is InChI=1S/C63H68O11/c1-63(72-46-54-56(66-39-48-26-12-4-13-27-48)58(68-41-50-30-16-6-17-31-50)60(62(64-2)73-54)70-43-52-34-20-8-21-35-52)61(71-44-53-36-22-9-23-37-53)59(69-42-51-32-18-7-19-33-51)57(67-40-49-28-14-5-15-29-49)55(74-63)45-65-38-47-24-10-3-11-25-47/h3-37,54-62H,38-46H2,1-2H3/t54-,55-,56-,57-,58+,59+,60-,61+,62+,63+/m1/s1. The molecule has 2 aliphatic heterocycles. The minimum Gasteiger partial charge on any atom is -0.374 e. The minimum atomic E-state index is -1.49. The van der Waals surface area contributed by atoms with E-state index >= 15 is 0 Å². The number of benzene rings is 7. The lowest BCUT2D eigenvalue weighted by Gasteiger charge is -2.52. The first kappa shape index (κ1) is 52.9. The predicted octanol–water partition coefficient (Wildman–Crippen LogP) is 11.2. The highest BCUT2D eigenvalue weighted by molar-refractivity contribution is 5.19. The van der Waals surface area contributed by atoms with Gasteiger partial charge in [-0.3, -0.25) is 0 Å². The molecule has 0 bridgehead atoms. The fraction of sp³-hybridized carbons (Fsp3) is 0.333. The Morgan fingerprint density at radius 3 is 1.07 bits per heavy atom. The van der Waals surface area contributed by atoms with Crippen molar-refractivity contribution in [2.45, 2.75) is 114 Å². The molecule has 2 saturated heterocycles. The molecule has 0 unspecified atom stereocenters. The smallest absolute Gasteiger partial charge is 0.195 e. The predicted molar refractivity (Wildman–Crippen MR) is 281 cm³/mol. The molecule has 11 nitrogen and oxygen atoms in total. The first-order chi connectivity index (χ1) is 36.5. The van der Waals surface area contributed by atoms with Crippen LogP contribution < -0.4 is 0 Å². The molecular weight excluding hydrogens is 933 g/mol. The van der Waals surface area contributed by atoms with Crippen LogP contribution in [0.15, 0.2) is 212 Å². The van der Waals surface area contributed by atoms with E-state index in [0.29, 0.717) is 19.8 Å². The lowest BCUT2D eigenvalue weighted by molar-refractivity contribution is -0.388. The highest BCUT2D eigenvalue weighted by atomic mass is 16.8. The topological polar surface area (TPSA) is 102 Å². The van der Waals surface area contributed by atoms with Crippen molar-refractivity contribution in [2.24, 2.45) is 0 Å². The third-order valence-corrected chi connectivity index (χ3v) is 13.3. The van der Waals surface area contributed by atoms with Crippen molar-refractivity contribution in [1.29, 1.82) is 0 Å². The van der Waals surface area contributed by atoms with Gasteiger partial charge in [0.15, 0.2) is 12.1 Å². The summed E-state index contributed by atoms with van der Waals surface area (Å²) in [5, 5.41) is 0. The molecule has 2 heterocycles. The Morgan fingerprint density at radius 1 is 0.351 bits per heavy atom. The Labute approximate surface area is 436 Å². The molecule has 10 atom stereocenters. The van der Waals surface area contributed by atoms with Gasteiger partial charge in [-0.05, 0) is 45.9 Å². The molecule has 7 aromatic carbocycles. The minimum absolute atomic E-state index is 0.0316. The molecule has 0 N–H and O–H groups in total. The molecule has 2 fully saturated rings. The normalized spacial score (nSPS) is 24.9. The van der Waals surface area contributed by atoms with Gasteiger partial charge in [-0.1, -0.05) is 212 Å². The molecule has 74 heavy (non-hydrogen) atoms. The molecule has 11 heteroatoms. The van der Waals surface area contributed by atoms with Gasteiger partial charge in [0.1, 0.15) is 48.8 Å². The Bertz CT molecular complexity index is 2620. The first-order valence-electron chi connectivity index (χ1n) is 25.6. The summed E-state index contributed by atoms with van der Waals surface area (Å²) < 4.78 is 76.0. The van der Waals surface area contributed by atoms with Gasteiger partial charge in [0.05, 0.1) is 59.5 Å². The number of ether oxygens (including phenoxy) is 11. The van der Waals surface area contributed by atoms with Crippen LogP contribution in [0.1, 0.15) is 45.9 Å². The van der Waals surface area contributed by atoms with Gasteiger partial charge < -0.3 is 52.1 Å². The second-order valence-electron chi connectivity index (χ2n) is 18.8. The second-order valence-corrected chi connectivity index (χ2v) is 18.8. The Kier molecular flexibility index (Phi) is 19.7. The molecule has 0 radical (unpaired) electrons. The van der Waals surface area contributed by atoms with Crippen LogP contribution in [0.25, 0.3) is 0 Å². The summed E-state index contributed by atoms with van der Waals surface area (Å²) in [5.74, 6) is -1.49. The van der Waals surface area contributed by atoms with E-state index in [2.05, 4.69) is 0 Å². The molecule has 0 spiro atoms. The Morgan fingerprint density at radius 2 is 0.676 bits per heavy atom. The van der Waals surface area contributed by atoms with Crippen molar-refractivity contribution < 1.29 is 52.1 Å². The van der Waals surface area contributed by atoms with Crippen LogP contribution in [-0.4, -0.2) is 81.2 Å². The summed E-state index contributed by atoms with van der Waals surface area (Å²) in [5.41, 5.74) is 6.98. The van der Waals surface area contributed by atoms with Gasteiger partial charge in [0.2, 0.25) is 0 Å². The largest absolute Gasteiger partial charge is 0.374 e. The van der Waals surface area contributed by atoms with Gasteiger partial charge in [-0.2, -0.15) is 0 Å². The highest BCUT2D eigenvalue weighted by Gasteiger charge is 2.57. The number of rotatable bonds is 26. The molecule has 0 aliphatic carbocycles. The monoisotopic (exact) mass is 1000 g/mol. The van der Waals surface area contributed by atoms with Crippen LogP contribution >= 0.6 is 0 Å². The van der Waals surface area contributed by atoms with Crippen LogP contribution in [0.5, 0.6) is 0 Å². The number of hydrogen-bond acceptors (Lipinski definition) is 11. The molecule has 2 aliphatic rings. The SMILES string of the molecule is CO[C@H]1O[C@H](CO[C@@]2(C)O[C@H](COCc3ccccc3)[C@@H](OCc3ccccc3)[C@H](OCc3ccccc3)[C@@H]2OCc2ccccc2)[C@@H](OCc2ccccc2)[C@H](OCc2ccccc2)[C@H]1OCc1ccccc1. The van der Waals surface area contributed by atoms with E-state index in [9.17, 15) is 0 Å². The van der Waals surface area contributed by atoms with Gasteiger partial charge in [0, 0.05) is 7.11 Å². The Hall–Kier alpha value is -5.90. The van der Waals surface area contributed by atoms with Crippen LogP contribution in [0, 0.1) is 0 Å². The summed E-state index contributed by atoms with van der Waals surface area (Å²) in [7, 11) is 1.62. The first-order valence-corrected chi connectivity index (χ1v) is 25.6. The van der Waals surface area contributed by atoms with E-state index in [1.807, 2.05) is 219 Å². The van der Waals surface area contributed by atoms with Crippen molar-refractivity contribution in [2.75, 3.05) is 20.3 Å². The van der Waals surface area contributed by atoms with Gasteiger partial charge >= 0.3 is 0 Å². The summed E-state index contributed by atoms with van der Waals surface area (Å²) in [6, 6.07) is 70.5. The fourth-order valence-corrected chi connectivity index (χ4v) is 9.47. The Balaban J connectivity index is 1.07. The van der Waals surface area contributed by atoms with E-state index in [0.717, 1.165) is 38.9 Å². The van der Waals surface area contributed by atoms with E-state index in [1.165, 1.54) is 0 Å². The third-order valence-electron chi connectivity index (χ3n) is 13.3. The van der Waals surface area contributed by atoms with E-state index in [1.54, 1.807) is 7.11 Å². The fourth-order valence-electron chi connectivity index (χ4n) is 9.47. The lowest BCUT2D eigenvalue weighted by atomic mass is 9.92. The maximum Gasteiger partial charge on any atom is 0.195 e. The van der Waals surface area contributed by atoms with Crippen molar-refractivity contribution in [3.8, 4) is 0 Å². The third kappa shape index (κ3) is 14.9. The maximum atomic E-state index is 7.29. The zero-order chi connectivity index (χ0) is 50.6. The average Bonchev–Trinajstić information content (AvgIpc) is 3.46. The van der Waals surface area contributed by atoms with E-state index in [4.69, 9.17) is 52.1 Å². The molecule has 386 valence electrons. The molecule has 7 aromatic rings. The molecule has 0 aromatic heterocycles. The van der Waals surface area contributed by atoms with Crippen LogP contribution in [0.3, 0.4) is 0 Å². The van der Waals surface area contributed by atoms with Crippen molar-refractivity contribution in [3.05, 3.63) is 251 Å². The summed E-state index contributed by atoms with van der Waals surface area (Å²) >= 11 is 0. The number of hydrogen-bond donors (Lipinski definition) is 0. The second kappa shape index (κ2) is 27.6. The van der Waals surface area contributed by atoms with Crippen LogP contribution in [0.4, 0.5) is 0 Å². The zero-order valence-electron chi connectivity index (χ0n) is 42.3. The zero-order valence-corrected chi connectivity index (χ0v) is 42.3. The van der Waals surface area contributed by atoms with E-state index in [-0.39, 0.29) is 39.6 Å². The van der Waals surface area contributed by atoms with E-state index < -0.39 is 60.9 Å². The number of methoxy groups -OCH3 is 1. The summed E-state index contributed by atoms with van der Waals surface area (Å²) in [6.45, 7) is 4.07. The molecule has 9 rings (SSSR count).